The van der Waals surface area contributed by atoms with Crippen LogP contribution < -0.4 is 5.73 Å². The number of nitrogens with two attached hydrogens (primary N) is 1. The van der Waals surface area contributed by atoms with Gasteiger partial charge in [-0.05, 0) is 18.6 Å². The number of β-amino-alcohol motifs (C(OH)–C–C–N with tert-alkyl or cyclic N) is 1. The molecule has 2 rings (SSSR count). The van der Waals surface area contributed by atoms with Gasteiger partial charge < -0.3 is 10.8 Å². The maximum atomic E-state index is 12.4. The Hall–Kier alpha value is -0.730. The molecule has 1 aliphatic rings. The van der Waals surface area contributed by atoms with Gasteiger partial charge >= 0.3 is 0 Å². The molecule has 1 unspecified atom stereocenters. The van der Waals surface area contributed by atoms with E-state index in [0.717, 1.165) is 0 Å². The molecule has 19 heavy (non-hydrogen) atoms. The van der Waals surface area contributed by atoms with Gasteiger partial charge in [-0.3, -0.25) is 0 Å². The topological polar surface area (TPSA) is 83.6 Å². The van der Waals surface area contributed by atoms with Gasteiger partial charge in [-0.25, -0.2) is 8.42 Å². The lowest BCUT2D eigenvalue weighted by Gasteiger charge is -2.17. The van der Waals surface area contributed by atoms with Crippen LogP contribution in [0.4, 0.5) is 0 Å². The number of sulfonamides is 1. The second kappa shape index (κ2) is 5.34. The predicted octanol–water partition coefficient (Wildman–Crippen LogP) is 0.730. The van der Waals surface area contributed by atoms with E-state index in [1.54, 1.807) is 6.07 Å². The Bertz CT molecular complexity index is 618. The lowest BCUT2D eigenvalue weighted by Crippen LogP contribution is -2.30. The number of benzene rings is 1. The van der Waals surface area contributed by atoms with Crippen LogP contribution in [-0.4, -0.2) is 42.0 Å². The number of aliphatic hydroxyl groups excluding tert-OH is 1. The number of rotatable bonds is 3. The van der Waals surface area contributed by atoms with Crippen LogP contribution in [0.15, 0.2) is 23.1 Å². The quantitative estimate of drug-likeness (QED) is 0.802. The van der Waals surface area contributed by atoms with Gasteiger partial charge in [0.15, 0.2) is 0 Å². The zero-order chi connectivity index (χ0) is 14.2. The van der Waals surface area contributed by atoms with Crippen LogP contribution in [0, 0.1) is 0 Å². The normalized spacial score (nSPS) is 20.6. The summed E-state index contributed by atoms with van der Waals surface area (Å²) in [6.45, 7) is 0.354. The van der Waals surface area contributed by atoms with Crippen molar-refractivity contribution in [1.29, 1.82) is 0 Å². The van der Waals surface area contributed by atoms with E-state index in [1.165, 1.54) is 16.4 Å². The van der Waals surface area contributed by atoms with E-state index in [1.807, 2.05) is 0 Å². The van der Waals surface area contributed by atoms with Crippen molar-refractivity contribution in [2.75, 3.05) is 13.1 Å². The number of hydrogen-bond acceptors (Lipinski definition) is 4. The first-order chi connectivity index (χ1) is 8.82. The summed E-state index contributed by atoms with van der Waals surface area (Å²) >= 11 is 10.8. The molecular formula is C11H13ClN2O3S2. The average Bonchev–Trinajstić information content (AvgIpc) is 2.76. The molecule has 5 nitrogen and oxygen atoms in total. The van der Waals surface area contributed by atoms with E-state index < -0.39 is 16.1 Å². The molecule has 0 bridgehead atoms. The number of thiocarbonyl (C=S) groups is 1. The molecular weight excluding hydrogens is 308 g/mol. The van der Waals surface area contributed by atoms with Gasteiger partial charge in [-0.15, -0.1) is 0 Å². The maximum absolute atomic E-state index is 12.4. The first-order valence-electron chi connectivity index (χ1n) is 5.60. The first kappa shape index (κ1) is 14.7. The minimum absolute atomic E-state index is 0.0337. The van der Waals surface area contributed by atoms with Crippen molar-refractivity contribution < 1.29 is 13.5 Å². The Morgan fingerprint density at radius 1 is 1.53 bits per heavy atom. The lowest BCUT2D eigenvalue weighted by molar-refractivity contribution is 0.189. The van der Waals surface area contributed by atoms with Gasteiger partial charge in [0, 0.05) is 18.7 Å². The van der Waals surface area contributed by atoms with Gasteiger partial charge in [0.1, 0.15) is 9.88 Å². The average molecular weight is 321 g/mol. The van der Waals surface area contributed by atoms with Crippen LogP contribution in [0.2, 0.25) is 5.02 Å². The standard InChI is InChI=1S/C11H13ClN2O3S2/c12-9-2-1-7(11(13)18)5-10(9)19(16,17)14-4-3-8(15)6-14/h1-2,5,8,15H,3-4,6H2,(H2,13,18). The molecule has 0 aliphatic carbocycles. The molecule has 0 amide bonds. The zero-order valence-corrected chi connectivity index (χ0v) is 12.3. The Labute approximate surface area is 122 Å². The van der Waals surface area contributed by atoms with E-state index in [9.17, 15) is 13.5 Å². The highest BCUT2D eigenvalue weighted by molar-refractivity contribution is 7.89. The van der Waals surface area contributed by atoms with Crippen LogP contribution in [0.3, 0.4) is 0 Å². The highest BCUT2D eigenvalue weighted by atomic mass is 35.5. The fourth-order valence-corrected chi connectivity index (χ4v) is 4.04. The van der Waals surface area contributed by atoms with Gasteiger partial charge in [0.05, 0.1) is 11.1 Å². The fraction of sp³-hybridized carbons (Fsp3) is 0.364. The molecule has 104 valence electrons. The molecule has 1 heterocycles. The van der Waals surface area contributed by atoms with Gasteiger partial charge in [0.25, 0.3) is 0 Å². The summed E-state index contributed by atoms with van der Waals surface area (Å²) in [4.78, 5) is 0.0724. The molecule has 1 atom stereocenters. The van der Waals surface area contributed by atoms with E-state index in [4.69, 9.17) is 29.6 Å². The summed E-state index contributed by atoms with van der Waals surface area (Å²) in [7, 11) is -3.73. The summed E-state index contributed by atoms with van der Waals surface area (Å²) in [6.07, 6.45) is -0.210. The monoisotopic (exact) mass is 320 g/mol. The molecule has 3 N–H and O–H groups in total. The van der Waals surface area contributed by atoms with E-state index in [-0.39, 0.29) is 28.0 Å². The van der Waals surface area contributed by atoms with Crippen molar-refractivity contribution in [2.45, 2.75) is 17.4 Å². The summed E-state index contributed by atoms with van der Waals surface area (Å²) in [5, 5.41) is 9.55. The van der Waals surface area contributed by atoms with Crippen molar-refractivity contribution in [3.05, 3.63) is 28.8 Å². The van der Waals surface area contributed by atoms with Crippen molar-refractivity contribution in [3.8, 4) is 0 Å². The van der Waals surface area contributed by atoms with Crippen molar-refractivity contribution >= 4 is 38.8 Å². The molecule has 0 spiro atoms. The van der Waals surface area contributed by atoms with Crippen LogP contribution in [0.5, 0.6) is 0 Å². The van der Waals surface area contributed by atoms with E-state index in [0.29, 0.717) is 12.0 Å². The molecule has 1 aromatic rings. The summed E-state index contributed by atoms with van der Waals surface area (Å²) in [5.41, 5.74) is 5.93. The van der Waals surface area contributed by atoms with Gasteiger partial charge in [0.2, 0.25) is 10.0 Å². The third kappa shape index (κ3) is 2.90. The minimum atomic E-state index is -3.73. The number of hydrogen-bond donors (Lipinski definition) is 2. The first-order valence-corrected chi connectivity index (χ1v) is 7.82. The zero-order valence-electron chi connectivity index (χ0n) is 9.91. The summed E-state index contributed by atoms with van der Waals surface area (Å²) in [6, 6.07) is 4.39. The Balaban J connectivity index is 2.45. The third-order valence-corrected chi connectivity index (χ3v) is 5.54. The highest BCUT2D eigenvalue weighted by Gasteiger charge is 2.33. The molecule has 0 radical (unpaired) electrons. The van der Waals surface area contributed by atoms with E-state index in [2.05, 4.69) is 0 Å². The Morgan fingerprint density at radius 2 is 2.21 bits per heavy atom. The number of halogens is 1. The highest BCUT2D eigenvalue weighted by Crippen LogP contribution is 2.28. The van der Waals surface area contributed by atoms with Crippen LogP contribution >= 0.6 is 23.8 Å². The second-order valence-electron chi connectivity index (χ2n) is 4.32. The number of aliphatic hydroxyl groups is 1. The summed E-state index contributed by atoms with van der Waals surface area (Å²) < 4.78 is 26.1. The van der Waals surface area contributed by atoms with Crippen molar-refractivity contribution in [2.24, 2.45) is 5.73 Å². The van der Waals surface area contributed by atoms with Crippen molar-refractivity contribution in [1.82, 2.24) is 4.31 Å². The summed E-state index contributed by atoms with van der Waals surface area (Å²) in [5.74, 6) is 0. The number of nitrogens with zero attached hydrogens (tertiary/aromatic N) is 1. The molecule has 1 saturated heterocycles. The molecule has 8 heteroatoms. The van der Waals surface area contributed by atoms with Crippen LogP contribution in [-0.2, 0) is 10.0 Å². The predicted molar refractivity (Wildman–Crippen MR) is 76.7 cm³/mol. The smallest absolute Gasteiger partial charge is 0.244 e. The van der Waals surface area contributed by atoms with E-state index >= 15 is 0 Å². The van der Waals surface area contributed by atoms with Gasteiger partial charge in [-0.2, -0.15) is 4.31 Å². The largest absolute Gasteiger partial charge is 0.392 e. The van der Waals surface area contributed by atoms with Crippen LogP contribution in [0.25, 0.3) is 0 Å². The molecule has 1 fully saturated rings. The van der Waals surface area contributed by atoms with Crippen LogP contribution in [0.1, 0.15) is 12.0 Å². The molecule has 0 saturated carbocycles. The fourth-order valence-electron chi connectivity index (χ4n) is 1.92. The Morgan fingerprint density at radius 3 is 2.74 bits per heavy atom. The molecule has 1 aromatic carbocycles. The van der Waals surface area contributed by atoms with Crippen molar-refractivity contribution in [3.63, 3.8) is 0 Å². The van der Waals surface area contributed by atoms with Gasteiger partial charge in [-0.1, -0.05) is 29.9 Å². The SMILES string of the molecule is NC(=S)c1ccc(Cl)c(S(=O)(=O)N2CCC(O)C2)c1. The Kier molecular flexibility index (Phi) is 4.12. The lowest BCUT2D eigenvalue weighted by atomic mass is 10.2. The molecule has 1 aliphatic heterocycles. The molecule has 0 aromatic heterocycles. The maximum Gasteiger partial charge on any atom is 0.244 e. The second-order valence-corrected chi connectivity index (χ2v) is 7.07. The minimum Gasteiger partial charge on any atom is -0.392 e. The third-order valence-electron chi connectivity index (χ3n) is 2.96.